The molecule has 0 radical (unpaired) electrons. The zero-order valence-electron chi connectivity index (χ0n) is 11.4. The van der Waals surface area contributed by atoms with Crippen LogP contribution in [0.25, 0.3) is 0 Å². The lowest BCUT2D eigenvalue weighted by atomic mass is 10.1. The Morgan fingerprint density at radius 1 is 0.706 bits per heavy atom. The van der Waals surface area contributed by atoms with Crippen LogP contribution >= 0.6 is 0 Å². The van der Waals surface area contributed by atoms with E-state index in [1.54, 1.807) is 0 Å². The molecule has 0 aromatic rings. The smallest absolute Gasteiger partial charge is 0.119 e. The molecule has 0 saturated heterocycles. The van der Waals surface area contributed by atoms with Gasteiger partial charge in [-0.05, 0) is 25.7 Å². The summed E-state index contributed by atoms with van der Waals surface area (Å²) in [4.78, 5) is 10.1. The van der Waals surface area contributed by atoms with Gasteiger partial charge < -0.3 is 4.79 Å². The van der Waals surface area contributed by atoms with Crippen LogP contribution in [0, 0.1) is 0 Å². The van der Waals surface area contributed by atoms with Gasteiger partial charge in [0.25, 0.3) is 0 Å². The maximum Gasteiger partial charge on any atom is 0.119 e. The third-order valence-corrected chi connectivity index (χ3v) is 2.78. The Hall–Kier alpha value is -0.850. The molecule has 0 spiro atoms. The van der Waals surface area contributed by atoms with Crippen LogP contribution in [0.3, 0.4) is 0 Å². The number of aldehydes is 1. The quantitative estimate of drug-likeness (QED) is 0.258. The van der Waals surface area contributed by atoms with Crippen LogP contribution in [0.4, 0.5) is 0 Å². The van der Waals surface area contributed by atoms with E-state index in [9.17, 15) is 4.79 Å². The summed E-state index contributed by atoms with van der Waals surface area (Å²) in [5.74, 6) is 0. The second-order valence-corrected chi connectivity index (χ2v) is 4.51. The van der Waals surface area contributed by atoms with Crippen molar-refractivity contribution in [3.05, 3.63) is 24.3 Å². The van der Waals surface area contributed by atoms with Gasteiger partial charge >= 0.3 is 0 Å². The number of carbonyl (C=O) groups excluding carboxylic acids is 1. The Balaban J connectivity index is 3.09. The molecule has 0 rings (SSSR count). The van der Waals surface area contributed by atoms with Gasteiger partial charge in [0.2, 0.25) is 0 Å². The normalized spacial score (nSPS) is 11.6. The predicted molar refractivity (Wildman–Crippen MR) is 76.2 cm³/mol. The fourth-order valence-electron chi connectivity index (χ4n) is 1.71. The Kier molecular flexibility index (Phi) is 14.4. The van der Waals surface area contributed by atoms with Crippen LogP contribution in [0.15, 0.2) is 24.3 Å². The first-order valence-corrected chi connectivity index (χ1v) is 7.17. The molecule has 0 saturated carbocycles. The Morgan fingerprint density at radius 3 is 1.82 bits per heavy atom. The molecule has 0 aliphatic heterocycles. The lowest BCUT2D eigenvalue weighted by Gasteiger charge is -1.98. The molecule has 0 unspecified atom stereocenters. The summed E-state index contributed by atoms with van der Waals surface area (Å²) in [5.41, 5.74) is 0. The lowest BCUT2D eigenvalue weighted by molar-refractivity contribution is -0.107. The lowest BCUT2D eigenvalue weighted by Crippen LogP contribution is -1.80. The van der Waals surface area contributed by atoms with Crippen molar-refractivity contribution in [3.8, 4) is 0 Å². The largest absolute Gasteiger partial charge is 0.303 e. The number of unbranched alkanes of at least 4 members (excludes halogenated alkanes) is 8. The van der Waals surface area contributed by atoms with Crippen molar-refractivity contribution in [3.63, 3.8) is 0 Å². The minimum atomic E-state index is 0.743. The second-order valence-electron chi connectivity index (χ2n) is 4.51. The molecule has 0 N–H and O–H groups in total. The van der Waals surface area contributed by atoms with Crippen LogP contribution < -0.4 is 0 Å². The first-order chi connectivity index (χ1) is 8.41. The average molecular weight is 236 g/mol. The fourth-order valence-corrected chi connectivity index (χ4v) is 1.71. The first kappa shape index (κ1) is 16.1. The third-order valence-electron chi connectivity index (χ3n) is 2.78. The van der Waals surface area contributed by atoms with Crippen LogP contribution in [-0.4, -0.2) is 6.29 Å². The topological polar surface area (TPSA) is 17.1 Å². The standard InChI is InChI=1S/C16H28O/c1-2-3-4-5-6-7-8-9-10-11-12-13-14-15-16-17/h4-7,16H,2-3,8-15H2,1H3/b5-4?,7-6+. The monoisotopic (exact) mass is 236 g/mol. The van der Waals surface area contributed by atoms with Gasteiger partial charge in [0.15, 0.2) is 0 Å². The Bertz CT molecular complexity index is 204. The molecular weight excluding hydrogens is 208 g/mol. The summed E-state index contributed by atoms with van der Waals surface area (Å²) in [6, 6.07) is 0. The summed E-state index contributed by atoms with van der Waals surface area (Å²) in [6.07, 6.45) is 21.7. The van der Waals surface area contributed by atoms with Gasteiger partial charge in [-0.3, -0.25) is 0 Å². The number of hydrogen-bond acceptors (Lipinski definition) is 1. The van der Waals surface area contributed by atoms with E-state index in [1.807, 2.05) is 0 Å². The summed E-state index contributed by atoms with van der Waals surface area (Å²) in [6.45, 7) is 2.20. The molecule has 0 atom stereocenters. The highest BCUT2D eigenvalue weighted by atomic mass is 16.1. The average Bonchev–Trinajstić information content (AvgIpc) is 2.35. The molecule has 0 heterocycles. The molecular formula is C16H28O. The highest BCUT2D eigenvalue weighted by molar-refractivity contribution is 5.48. The molecule has 1 heteroatoms. The van der Waals surface area contributed by atoms with Gasteiger partial charge in [-0.15, -0.1) is 0 Å². The van der Waals surface area contributed by atoms with Crippen molar-refractivity contribution in [1.29, 1.82) is 0 Å². The van der Waals surface area contributed by atoms with Crippen LogP contribution in [-0.2, 0) is 4.79 Å². The van der Waals surface area contributed by atoms with Gasteiger partial charge in [-0.1, -0.05) is 63.3 Å². The molecule has 0 aromatic carbocycles. The molecule has 98 valence electrons. The van der Waals surface area contributed by atoms with Gasteiger partial charge in [0.05, 0.1) is 0 Å². The summed E-state index contributed by atoms with van der Waals surface area (Å²) >= 11 is 0. The van der Waals surface area contributed by atoms with Crippen LogP contribution in [0.5, 0.6) is 0 Å². The summed E-state index contributed by atoms with van der Waals surface area (Å²) in [7, 11) is 0. The molecule has 17 heavy (non-hydrogen) atoms. The van der Waals surface area contributed by atoms with Gasteiger partial charge in [0, 0.05) is 6.42 Å². The van der Waals surface area contributed by atoms with Crippen molar-refractivity contribution in [1.82, 2.24) is 0 Å². The van der Waals surface area contributed by atoms with Gasteiger partial charge in [0.1, 0.15) is 6.29 Å². The minimum Gasteiger partial charge on any atom is -0.303 e. The van der Waals surface area contributed by atoms with Crippen molar-refractivity contribution in [2.45, 2.75) is 71.1 Å². The summed E-state index contributed by atoms with van der Waals surface area (Å²) in [5, 5.41) is 0. The van der Waals surface area contributed by atoms with Crippen molar-refractivity contribution >= 4 is 6.29 Å². The molecule has 0 aromatic heterocycles. The molecule has 0 aliphatic rings. The van der Waals surface area contributed by atoms with E-state index in [1.165, 1.54) is 51.4 Å². The van der Waals surface area contributed by atoms with E-state index in [4.69, 9.17) is 0 Å². The van der Waals surface area contributed by atoms with E-state index in [-0.39, 0.29) is 0 Å². The fraction of sp³-hybridized carbons (Fsp3) is 0.688. The van der Waals surface area contributed by atoms with E-state index < -0.39 is 0 Å². The summed E-state index contributed by atoms with van der Waals surface area (Å²) < 4.78 is 0. The highest BCUT2D eigenvalue weighted by Crippen LogP contribution is 2.08. The van der Waals surface area contributed by atoms with Crippen LogP contribution in [0.2, 0.25) is 0 Å². The molecule has 0 amide bonds. The van der Waals surface area contributed by atoms with Crippen molar-refractivity contribution in [2.24, 2.45) is 0 Å². The number of allylic oxidation sites excluding steroid dienone is 4. The van der Waals surface area contributed by atoms with Gasteiger partial charge in [-0.2, -0.15) is 0 Å². The zero-order chi connectivity index (χ0) is 12.6. The van der Waals surface area contributed by atoms with Crippen molar-refractivity contribution < 1.29 is 4.79 Å². The molecule has 1 nitrogen and oxygen atoms in total. The third kappa shape index (κ3) is 15.1. The van der Waals surface area contributed by atoms with E-state index in [2.05, 4.69) is 31.2 Å². The van der Waals surface area contributed by atoms with Gasteiger partial charge in [-0.25, -0.2) is 0 Å². The number of carbonyl (C=O) groups is 1. The minimum absolute atomic E-state index is 0.743. The first-order valence-electron chi connectivity index (χ1n) is 7.17. The number of rotatable bonds is 12. The van der Waals surface area contributed by atoms with Crippen molar-refractivity contribution in [2.75, 3.05) is 0 Å². The predicted octanol–water partition coefficient (Wildman–Crippen LogP) is 5.22. The number of hydrogen-bond donors (Lipinski definition) is 0. The Morgan fingerprint density at radius 2 is 1.24 bits per heavy atom. The molecule has 0 bridgehead atoms. The maximum absolute atomic E-state index is 10.1. The molecule has 0 fully saturated rings. The zero-order valence-corrected chi connectivity index (χ0v) is 11.4. The van der Waals surface area contributed by atoms with Crippen LogP contribution in [0.1, 0.15) is 71.1 Å². The highest BCUT2D eigenvalue weighted by Gasteiger charge is 1.89. The Labute approximate surface area is 107 Å². The SMILES string of the molecule is CCCC=C/C=C/CCCCCCCCC=O. The van der Waals surface area contributed by atoms with E-state index in [0.717, 1.165) is 19.1 Å². The maximum atomic E-state index is 10.1. The molecule has 0 aliphatic carbocycles. The second kappa shape index (κ2) is 15.1. The van der Waals surface area contributed by atoms with E-state index in [0.29, 0.717) is 0 Å². The van der Waals surface area contributed by atoms with E-state index >= 15 is 0 Å².